The Kier molecular flexibility index (Phi) is 3.39. The van der Waals surface area contributed by atoms with Crippen molar-refractivity contribution in [1.29, 1.82) is 0 Å². The van der Waals surface area contributed by atoms with Crippen molar-refractivity contribution in [1.82, 2.24) is 10.3 Å². The quantitative estimate of drug-likeness (QED) is 0.897. The predicted octanol–water partition coefficient (Wildman–Crippen LogP) is 1.68. The summed E-state index contributed by atoms with van der Waals surface area (Å²) in [5, 5.41) is 11.7. The smallest absolute Gasteiger partial charge is 0.337 e. The maximum absolute atomic E-state index is 12.1. The van der Waals surface area contributed by atoms with Crippen LogP contribution in [-0.4, -0.2) is 28.0 Å². The van der Waals surface area contributed by atoms with Crippen LogP contribution in [0.5, 0.6) is 0 Å². The maximum atomic E-state index is 12.1. The molecule has 2 aromatic rings. The van der Waals surface area contributed by atoms with Gasteiger partial charge in [0.05, 0.1) is 5.56 Å². The first-order chi connectivity index (χ1) is 10.1. The molecule has 5 nitrogen and oxygen atoms in total. The van der Waals surface area contributed by atoms with E-state index in [0.717, 1.165) is 12.8 Å². The molecule has 1 aromatic heterocycles. The second kappa shape index (κ2) is 5.36. The minimum Gasteiger partial charge on any atom is -0.478 e. The molecule has 106 valence electrons. The number of pyridine rings is 1. The SMILES string of the molecule is O=C(O)c1ccc(C(=O)NC2Cc3ccccc3C2)nc1. The van der Waals surface area contributed by atoms with Gasteiger partial charge in [0, 0.05) is 12.2 Å². The van der Waals surface area contributed by atoms with Gasteiger partial charge in [0.1, 0.15) is 5.69 Å². The average Bonchev–Trinajstić information content (AvgIpc) is 2.89. The molecule has 5 heteroatoms. The fourth-order valence-corrected chi connectivity index (χ4v) is 2.57. The molecule has 0 atom stereocenters. The van der Waals surface area contributed by atoms with Crippen molar-refractivity contribution in [3.63, 3.8) is 0 Å². The number of nitrogens with zero attached hydrogens (tertiary/aromatic N) is 1. The van der Waals surface area contributed by atoms with E-state index >= 15 is 0 Å². The number of aromatic carboxylic acids is 1. The van der Waals surface area contributed by atoms with Gasteiger partial charge in [-0.15, -0.1) is 0 Å². The average molecular weight is 282 g/mol. The fourth-order valence-electron chi connectivity index (χ4n) is 2.57. The van der Waals surface area contributed by atoms with Crippen LogP contribution in [0.25, 0.3) is 0 Å². The summed E-state index contributed by atoms with van der Waals surface area (Å²) in [6.07, 6.45) is 2.82. The Labute approximate surface area is 121 Å². The van der Waals surface area contributed by atoms with E-state index in [4.69, 9.17) is 5.11 Å². The highest BCUT2D eigenvalue weighted by atomic mass is 16.4. The number of nitrogens with one attached hydrogen (secondary N) is 1. The van der Waals surface area contributed by atoms with Crippen molar-refractivity contribution in [2.24, 2.45) is 0 Å². The summed E-state index contributed by atoms with van der Waals surface area (Å²) in [5.74, 6) is -1.33. The van der Waals surface area contributed by atoms with Crippen LogP contribution < -0.4 is 5.32 Å². The molecule has 1 aliphatic carbocycles. The van der Waals surface area contributed by atoms with Gasteiger partial charge in [0.2, 0.25) is 0 Å². The highest BCUT2D eigenvalue weighted by Gasteiger charge is 2.23. The lowest BCUT2D eigenvalue weighted by Crippen LogP contribution is -2.35. The van der Waals surface area contributed by atoms with Crippen molar-refractivity contribution in [2.45, 2.75) is 18.9 Å². The summed E-state index contributed by atoms with van der Waals surface area (Å²) in [7, 11) is 0. The summed E-state index contributed by atoms with van der Waals surface area (Å²) < 4.78 is 0. The van der Waals surface area contributed by atoms with Crippen molar-refractivity contribution in [2.75, 3.05) is 0 Å². The van der Waals surface area contributed by atoms with E-state index in [0.29, 0.717) is 0 Å². The van der Waals surface area contributed by atoms with E-state index in [1.165, 1.54) is 29.5 Å². The van der Waals surface area contributed by atoms with Crippen LogP contribution in [0.1, 0.15) is 32.0 Å². The second-order valence-corrected chi connectivity index (χ2v) is 5.08. The normalized spacial score (nSPS) is 13.7. The highest BCUT2D eigenvalue weighted by Crippen LogP contribution is 2.21. The molecule has 0 bridgehead atoms. The number of carboxylic acid groups (broad SMARTS) is 1. The summed E-state index contributed by atoms with van der Waals surface area (Å²) >= 11 is 0. The molecule has 0 radical (unpaired) electrons. The van der Waals surface area contributed by atoms with Gasteiger partial charge in [-0.2, -0.15) is 0 Å². The summed E-state index contributed by atoms with van der Waals surface area (Å²) in [5.41, 5.74) is 2.82. The number of hydrogen-bond donors (Lipinski definition) is 2. The molecule has 0 aliphatic heterocycles. The van der Waals surface area contributed by atoms with Crippen LogP contribution in [0, 0.1) is 0 Å². The van der Waals surface area contributed by atoms with Crippen LogP contribution in [0.4, 0.5) is 0 Å². The zero-order valence-corrected chi connectivity index (χ0v) is 11.2. The standard InChI is InChI=1S/C16H14N2O3/c19-15(14-6-5-12(9-17-14)16(20)21)18-13-7-10-3-1-2-4-11(10)8-13/h1-6,9,13H,7-8H2,(H,18,19)(H,20,21). The second-order valence-electron chi connectivity index (χ2n) is 5.08. The first-order valence-corrected chi connectivity index (χ1v) is 6.70. The Balaban J connectivity index is 1.66. The molecule has 0 unspecified atom stereocenters. The van der Waals surface area contributed by atoms with Gasteiger partial charge < -0.3 is 10.4 Å². The number of rotatable bonds is 3. The third-order valence-electron chi connectivity index (χ3n) is 3.63. The van der Waals surface area contributed by atoms with Crippen LogP contribution >= 0.6 is 0 Å². The molecular weight excluding hydrogens is 268 g/mol. The van der Waals surface area contributed by atoms with Crippen molar-refractivity contribution in [3.8, 4) is 0 Å². The third kappa shape index (κ3) is 2.76. The lowest BCUT2D eigenvalue weighted by Gasteiger charge is -2.11. The number of hydrogen-bond acceptors (Lipinski definition) is 3. The molecule has 0 saturated heterocycles. The molecular formula is C16H14N2O3. The summed E-state index contributed by atoms with van der Waals surface area (Å²) in [6, 6.07) is 11.0. The Hall–Kier alpha value is -2.69. The largest absolute Gasteiger partial charge is 0.478 e. The maximum Gasteiger partial charge on any atom is 0.337 e. The van der Waals surface area contributed by atoms with Gasteiger partial charge in [0.25, 0.3) is 5.91 Å². The van der Waals surface area contributed by atoms with Gasteiger partial charge in [-0.05, 0) is 36.1 Å². The lowest BCUT2D eigenvalue weighted by molar-refractivity contribution is 0.0695. The minimum atomic E-state index is -1.05. The van der Waals surface area contributed by atoms with Crippen LogP contribution in [0.15, 0.2) is 42.6 Å². The number of carboxylic acids is 1. The molecule has 1 heterocycles. The van der Waals surface area contributed by atoms with E-state index in [1.54, 1.807) is 0 Å². The number of amides is 1. The molecule has 1 aliphatic rings. The topological polar surface area (TPSA) is 79.3 Å². The minimum absolute atomic E-state index is 0.0656. The zero-order valence-electron chi connectivity index (χ0n) is 11.2. The first-order valence-electron chi connectivity index (χ1n) is 6.70. The van der Waals surface area contributed by atoms with E-state index < -0.39 is 5.97 Å². The van der Waals surface area contributed by atoms with Gasteiger partial charge >= 0.3 is 5.97 Å². The number of carbonyl (C=O) groups excluding carboxylic acids is 1. The predicted molar refractivity (Wildman–Crippen MR) is 76.3 cm³/mol. The molecule has 0 spiro atoms. The molecule has 0 saturated carbocycles. The number of fused-ring (bicyclic) bond motifs is 1. The zero-order chi connectivity index (χ0) is 14.8. The number of carbonyl (C=O) groups is 2. The number of benzene rings is 1. The summed E-state index contributed by atoms with van der Waals surface area (Å²) in [6.45, 7) is 0. The number of aromatic nitrogens is 1. The molecule has 1 amide bonds. The highest BCUT2D eigenvalue weighted by molar-refractivity contribution is 5.94. The van der Waals surface area contributed by atoms with E-state index in [1.807, 2.05) is 12.1 Å². The van der Waals surface area contributed by atoms with Crippen molar-refractivity contribution < 1.29 is 14.7 Å². The molecule has 0 fully saturated rings. The van der Waals surface area contributed by atoms with E-state index in [-0.39, 0.29) is 23.2 Å². The first kappa shape index (κ1) is 13.3. The Morgan fingerprint density at radius 3 is 2.29 bits per heavy atom. The van der Waals surface area contributed by atoms with Crippen LogP contribution in [0.3, 0.4) is 0 Å². The molecule has 3 rings (SSSR count). The van der Waals surface area contributed by atoms with E-state index in [2.05, 4.69) is 22.4 Å². The Morgan fingerprint density at radius 2 is 1.76 bits per heavy atom. The van der Waals surface area contributed by atoms with E-state index in [9.17, 15) is 9.59 Å². The van der Waals surface area contributed by atoms with Gasteiger partial charge in [-0.25, -0.2) is 4.79 Å². The van der Waals surface area contributed by atoms with Crippen molar-refractivity contribution in [3.05, 3.63) is 65.0 Å². The Morgan fingerprint density at radius 1 is 1.10 bits per heavy atom. The lowest BCUT2D eigenvalue weighted by atomic mass is 10.1. The third-order valence-corrected chi connectivity index (χ3v) is 3.63. The molecule has 1 aromatic carbocycles. The van der Waals surface area contributed by atoms with Crippen LogP contribution in [0.2, 0.25) is 0 Å². The van der Waals surface area contributed by atoms with Crippen LogP contribution in [-0.2, 0) is 12.8 Å². The fraction of sp³-hybridized carbons (Fsp3) is 0.188. The van der Waals surface area contributed by atoms with Gasteiger partial charge in [0.15, 0.2) is 0 Å². The Bertz CT molecular complexity index is 670. The molecule has 21 heavy (non-hydrogen) atoms. The monoisotopic (exact) mass is 282 g/mol. The summed E-state index contributed by atoms with van der Waals surface area (Å²) in [4.78, 5) is 26.8. The molecule has 2 N–H and O–H groups in total. The van der Waals surface area contributed by atoms with Gasteiger partial charge in [-0.1, -0.05) is 24.3 Å². The van der Waals surface area contributed by atoms with Gasteiger partial charge in [-0.3, -0.25) is 9.78 Å². The van der Waals surface area contributed by atoms with Crippen molar-refractivity contribution >= 4 is 11.9 Å².